The van der Waals surface area contributed by atoms with Crippen molar-refractivity contribution in [2.45, 2.75) is 6.61 Å². The van der Waals surface area contributed by atoms with Gasteiger partial charge in [0, 0.05) is 5.56 Å². The number of rotatable bonds is 5. The van der Waals surface area contributed by atoms with E-state index in [1.165, 1.54) is 6.33 Å². The van der Waals surface area contributed by atoms with E-state index in [9.17, 15) is 4.79 Å². The Kier molecular flexibility index (Phi) is 4.22. The van der Waals surface area contributed by atoms with Gasteiger partial charge in [0.15, 0.2) is 0 Å². The van der Waals surface area contributed by atoms with E-state index in [1.54, 1.807) is 35.3 Å². The average Bonchev–Trinajstić information content (AvgIpc) is 3.10. The van der Waals surface area contributed by atoms with Crippen molar-refractivity contribution in [3.05, 3.63) is 78.4 Å². The molecular formula is C16H14N4O2. The molecule has 110 valence electrons. The average molecular weight is 294 g/mol. The predicted molar refractivity (Wildman–Crippen MR) is 80.1 cm³/mol. The lowest BCUT2D eigenvalue weighted by molar-refractivity contribution is 0.0233. The van der Waals surface area contributed by atoms with Gasteiger partial charge >= 0.3 is 0 Å². The summed E-state index contributed by atoms with van der Waals surface area (Å²) < 4.78 is 1.62. The predicted octanol–water partition coefficient (Wildman–Crippen LogP) is 2.13. The number of nitrogens with zero attached hydrogens (tertiary/aromatic N) is 3. The first kappa shape index (κ1) is 14.0. The van der Waals surface area contributed by atoms with Crippen molar-refractivity contribution in [1.82, 2.24) is 20.2 Å². The van der Waals surface area contributed by atoms with Gasteiger partial charge in [-0.3, -0.25) is 9.63 Å². The molecule has 1 heterocycles. The monoisotopic (exact) mass is 294 g/mol. The number of aromatic nitrogens is 3. The van der Waals surface area contributed by atoms with Gasteiger partial charge in [0.25, 0.3) is 5.91 Å². The van der Waals surface area contributed by atoms with Gasteiger partial charge in [0.2, 0.25) is 0 Å². The van der Waals surface area contributed by atoms with Crippen LogP contribution in [-0.2, 0) is 11.4 Å². The molecule has 3 aromatic rings. The van der Waals surface area contributed by atoms with Crippen molar-refractivity contribution in [3.8, 4) is 5.69 Å². The van der Waals surface area contributed by atoms with E-state index in [0.717, 1.165) is 11.3 Å². The summed E-state index contributed by atoms with van der Waals surface area (Å²) >= 11 is 0. The van der Waals surface area contributed by atoms with Gasteiger partial charge in [-0.1, -0.05) is 30.3 Å². The fraction of sp³-hybridized carbons (Fsp3) is 0.0625. The smallest absolute Gasteiger partial charge is 0.269 e. The minimum atomic E-state index is -0.291. The topological polar surface area (TPSA) is 69.0 Å². The molecule has 0 fully saturated rings. The molecule has 0 radical (unpaired) electrons. The Morgan fingerprint density at radius 3 is 2.55 bits per heavy atom. The van der Waals surface area contributed by atoms with Crippen LogP contribution >= 0.6 is 0 Å². The number of hydrogen-bond acceptors (Lipinski definition) is 4. The fourth-order valence-corrected chi connectivity index (χ4v) is 1.93. The summed E-state index contributed by atoms with van der Waals surface area (Å²) in [5, 5.41) is 4.02. The molecule has 1 amide bonds. The van der Waals surface area contributed by atoms with Gasteiger partial charge in [-0.25, -0.2) is 15.1 Å². The highest BCUT2D eigenvalue weighted by Crippen LogP contribution is 2.08. The Morgan fingerprint density at radius 1 is 1.09 bits per heavy atom. The first-order valence-electron chi connectivity index (χ1n) is 6.74. The molecule has 0 bridgehead atoms. The Bertz CT molecular complexity index is 725. The van der Waals surface area contributed by atoms with E-state index in [4.69, 9.17) is 4.84 Å². The first-order valence-corrected chi connectivity index (χ1v) is 6.74. The zero-order chi connectivity index (χ0) is 15.2. The van der Waals surface area contributed by atoms with E-state index in [0.29, 0.717) is 12.2 Å². The van der Waals surface area contributed by atoms with Crippen LogP contribution in [0.2, 0.25) is 0 Å². The van der Waals surface area contributed by atoms with E-state index in [2.05, 4.69) is 15.6 Å². The Balaban J connectivity index is 1.56. The maximum Gasteiger partial charge on any atom is 0.274 e. The Hall–Kier alpha value is -2.99. The normalized spacial score (nSPS) is 10.4. The fourth-order valence-electron chi connectivity index (χ4n) is 1.93. The van der Waals surface area contributed by atoms with Crippen LogP contribution in [0.4, 0.5) is 0 Å². The third-order valence-corrected chi connectivity index (χ3v) is 3.06. The van der Waals surface area contributed by atoms with E-state index in [-0.39, 0.29) is 5.91 Å². The number of amides is 1. The van der Waals surface area contributed by atoms with Crippen LogP contribution in [0.25, 0.3) is 5.69 Å². The lowest BCUT2D eigenvalue weighted by Crippen LogP contribution is -2.23. The van der Waals surface area contributed by atoms with Crippen LogP contribution in [0.5, 0.6) is 0 Å². The highest BCUT2D eigenvalue weighted by molar-refractivity contribution is 5.93. The molecule has 0 unspecified atom stereocenters. The van der Waals surface area contributed by atoms with Gasteiger partial charge in [-0.15, -0.1) is 0 Å². The molecule has 0 spiro atoms. The lowest BCUT2D eigenvalue weighted by Gasteiger charge is -2.07. The highest BCUT2D eigenvalue weighted by Gasteiger charge is 2.06. The number of carbonyl (C=O) groups excluding carboxylic acids is 1. The maximum atomic E-state index is 12.0. The SMILES string of the molecule is O=C(NOCc1ccccc1)c1ccc(-n2cncn2)cc1. The van der Waals surface area contributed by atoms with Gasteiger partial charge < -0.3 is 0 Å². The standard InChI is InChI=1S/C16H14N4O2/c21-16(19-22-10-13-4-2-1-3-5-13)14-6-8-15(9-7-14)20-12-17-11-18-20/h1-9,11-12H,10H2,(H,19,21). The summed E-state index contributed by atoms with van der Waals surface area (Å²) in [6.45, 7) is 0.323. The molecule has 0 aliphatic carbocycles. The van der Waals surface area contributed by atoms with Crippen LogP contribution in [-0.4, -0.2) is 20.7 Å². The maximum absolute atomic E-state index is 12.0. The van der Waals surface area contributed by atoms with Crippen molar-refractivity contribution in [3.63, 3.8) is 0 Å². The molecule has 0 aliphatic heterocycles. The van der Waals surface area contributed by atoms with Crippen molar-refractivity contribution in [1.29, 1.82) is 0 Å². The quantitative estimate of drug-likeness (QED) is 0.732. The Labute approximate surface area is 127 Å². The van der Waals surface area contributed by atoms with Crippen LogP contribution in [0.3, 0.4) is 0 Å². The molecule has 22 heavy (non-hydrogen) atoms. The van der Waals surface area contributed by atoms with Crippen LogP contribution in [0.15, 0.2) is 67.3 Å². The summed E-state index contributed by atoms with van der Waals surface area (Å²) in [5.74, 6) is -0.291. The number of hydroxylamine groups is 1. The zero-order valence-corrected chi connectivity index (χ0v) is 11.7. The van der Waals surface area contributed by atoms with Crippen LogP contribution in [0.1, 0.15) is 15.9 Å². The van der Waals surface area contributed by atoms with Crippen molar-refractivity contribution >= 4 is 5.91 Å². The number of carbonyl (C=O) groups is 1. The summed E-state index contributed by atoms with van der Waals surface area (Å²) in [6, 6.07) is 16.6. The van der Waals surface area contributed by atoms with Gasteiger partial charge in [-0.05, 0) is 29.8 Å². The zero-order valence-electron chi connectivity index (χ0n) is 11.7. The molecule has 6 nitrogen and oxygen atoms in total. The number of benzene rings is 2. The van der Waals surface area contributed by atoms with Gasteiger partial charge in [-0.2, -0.15) is 5.10 Å². The highest BCUT2D eigenvalue weighted by atomic mass is 16.6. The number of nitrogens with one attached hydrogen (secondary N) is 1. The minimum Gasteiger partial charge on any atom is -0.269 e. The summed E-state index contributed by atoms with van der Waals surface area (Å²) in [5.41, 5.74) is 4.76. The molecule has 0 atom stereocenters. The summed E-state index contributed by atoms with van der Waals surface area (Å²) in [7, 11) is 0. The largest absolute Gasteiger partial charge is 0.274 e. The second-order valence-corrected chi connectivity index (χ2v) is 4.59. The third kappa shape index (κ3) is 3.36. The molecule has 0 saturated carbocycles. The lowest BCUT2D eigenvalue weighted by atomic mass is 10.2. The molecule has 6 heteroatoms. The van der Waals surface area contributed by atoms with Gasteiger partial charge in [0.05, 0.1) is 12.3 Å². The molecular weight excluding hydrogens is 280 g/mol. The molecule has 1 N–H and O–H groups in total. The minimum absolute atomic E-state index is 0.291. The second-order valence-electron chi connectivity index (χ2n) is 4.59. The van der Waals surface area contributed by atoms with E-state index >= 15 is 0 Å². The second kappa shape index (κ2) is 6.64. The van der Waals surface area contributed by atoms with Crippen LogP contribution in [0, 0.1) is 0 Å². The Morgan fingerprint density at radius 2 is 1.86 bits per heavy atom. The first-order chi connectivity index (χ1) is 10.8. The molecule has 0 saturated heterocycles. The summed E-state index contributed by atoms with van der Waals surface area (Å²) in [4.78, 5) is 21.1. The molecule has 2 aromatic carbocycles. The van der Waals surface area contributed by atoms with E-state index < -0.39 is 0 Å². The molecule has 1 aromatic heterocycles. The van der Waals surface area contributed by atoms with Crippen molar-refractivity contribution < 1.29 is 9.63 Å². The van der Waals surface area contributed by atoms with Gasteiger partial charge in [0.1, 0.15) is 12.7 Å². The van der Waals surface area contributed by atoms with Crippen LogP contribution < -0.4 is 5.48 Å². The molecule has 3 rings (SSSR count). The molecule has 0 aliphatic rings. The summed E-state index contributed by atoms with van der Waals surface area (Å²) in [6.07, 6.45) is 3.05. The van der Waals surface area contributed by atoms with Crippen molar-refractivity contribution in [2.24, 2.45) is 0 Å². The number of hydrogen-bond donors (Lipinski definition) is 1. The van der Waals surface area contributed by atoms with E-state index in [1.807, 2.05) is 30.3 Å². The van der Waals surface area contributed by atoms with Crippen molar-refractivity contribution in [2.75, 3.05) is 0 Å². The third-order valence-electron chi connectivity index (χ3n) is 3.06.